The van der Waals surface area contributed by atoms with E-state index in [0.717, 1.165) is 44.4 Å². The highest BCUT2D eigenvalue weighted by atomic mass is 16.5. The molecule has 0 saturated carbocycles. The van der Waals surface area contributed by atoms with Gasteiger partial charge in [-0.2, -0.15) is 5.10 Å². The topological polar surface area (TPSA) is 151 Å². The number of likely N-dealkylation sites (N-methyl/N-ethyl adjacent to an activating group) is 1. The van der Waals surface area contributed by atoms with Gasteiger partial charge >= 0.3 is 0 Å². The molecule has 0 saturated heterocycles. The summed E-state index contributed by atoms with van der Waals surface area (Å²) in [5.74, 6) is -0.229. The summed E-state index contributed by atoms with van der Waals surface area (Å²) in [5.41, 5.74) is 5.58. The standard InChI is InChI=1S/C34H35N7O5/c1-20-10-22(11-24-19-37-40-29(20)24)13-27-32(43)41(2)5-7-46-9-8-45-6-3-4-21-12-26-30(36-17-21)39-33(44)34(26)15-23-14-25(31(42)38-27)18-35-28(23)16-34/h3-4,10-12,14,17-19,27H,5-9,13,15-16H2,1-2H3,(H,37,40)(H,38,42)(H,36,39,44)/b4-3-/t27-,34-/m1/s1. The molecule has 3 N–H and O–H groups in total. The van der Waals surface area contributed by atoms with E-state index in [2.05, 4.69) is 30.8 Å². The van der Waals surface area contributed by atoms with Gasteiger partial charge in [-0.15, -0.1) is 0 Å². The number of ether oxygens (including phenoxy) is 2. The number of H-pyrrole nitrogens is 1. The predicted molar refractivity (Wildman–Crippen MR) is 170 cm³/mol. The van der Waals surface area contributed by atoms with Gasteiger partial charge in [-0.3, -0.25) is 24.5 Å². The highest BCUT2D eigenvalue weighted by molar-refractivity contribution is 6.06. The predicted octanol–water partition coefficient (Wildman–Crippen LogP) is 2.51. The fourth-order valence-electron chi connectivity index (χ4n) is 6.63. The van der Waals surface area contributed by atoms with E-state index in [-0.39, 0.29) is 18.2 Å². The Morgan fingerprint density at radius 1 is 1.00 bits per heavy atom. The van der Waals surface area contributed by atoms with Gasteiger partial charge in [0.05, 0.1) is 49.1 Å². The third-order valence-corrected chi connectivity index (χ3v) is 9.07. The highest BCUT2D eigenvalue weighted by Crippen LogP contribution is 2.46. The maximum Gasteiger partial charge on any atom is 0.253 e. The van der Waals surface area contributed by atoms with Crippen LogP contribution in [0.2, 0.25) is 0 Å². The number of hydrogen-bond acceptors (Lipinski definition) is 8. The van der Waals surface area contributed by atoms with Crippen LogP contribution >= 0.6 is 0 Å². The van der Waals surface area contributed by atoms with Crippen LogP contribution in [0.25, 0.3) is 17.0 Å². The summed E-state index contributed by atoms with van der Waals surface area (Å²) in [5, 5.41) is 14.0. The van der Waals surface area contributed by atoms with Gasteiger partial charge in [0.2, 0.25) is 11.8 Å². The van der Waals surface area contributed by atoms with Crippen LogP contribution in [0.3, 0.4) is 0 Å². The fraction of sp³-hybridized carbons (Fsp3) is 0.353. The minimum Gasteiger partial charge on any atom is -0.377 e. The Morgan fingerprint density at radius 2 is 1.87 bits per heavy atom. The van der Waals surface area contributed by atoms with Crippen molar-refractivity contribution in [1.82, 2.24) is 30.4 Å². The van der Waals surface area contributed by atoms with Crippen molar-refractivity contribution in [2.24, 2.45) is 0 Å². The maximum atomic E-state index is 13.8. The Morgan fingerprint density at radius 3 is 2.76 bits per heavy atom. The third-order valence-electron chi connectivity index (χ3n) is 9.07. The van der Waals surface area contributed by atoms with Gasteiger partial charge in [-0.1, -0.05) is 18.2 Å². The van der Waals surface area contributed by atoms with E-state index in [1.165, 1.54) is 6.20 Å². The van der Waals surface area contributed by atoms with Crippen LogP contribution in [-0.4, -0.2) is 88.8 Å². The smallest absolute Gasteiger partial charge is 0.253 e. The van der Waals surface area contributed by atoms with Crippen LogP contribution in [0.1, 0.15) is 43.9 Å². The number of nitrogens with one attached hydrogen (secondary N) is 3. The van der Waals surface area contributed by atoms with E-state index in [4.69, 9.17) is 9.47 Å². The highest BCUT2D eigenvalue weighted by Gasteiger charge is 2.52. The molecule has 1 aromatic carbocycles. The zero-order chi connectivity index (χ0) is 31.8. The first-order chi connectivity index (χ1) is 22.3. The average molecular weight is 622 g/mol. The Hall–Kier alpha value is -4.94. The van der Waals surface area contributed by atoms with Crippen LogP contribution in [0, 0.1) is 6.92 Å². The van der Waals surface area contributed by atoms with Crippen molar-refractivity contribution in [2.75, 3.05) is 45.3 Å². The Kier molecular flexibility index (Phi) is 7.83. The lowest BCUT2D eigenvalue weighted by Crippen LogP contribution is -2.49. The monoisotopic (exact) mass is 621 g/mol. The second kappa shape index (κ2) is 12.1. The van der Waals surface area contributed by atoms with Gasteiger partial charge in [-0.05, 0) is 53.8 Å². The molecule has 3 amide bonds. The van der Waals surface area contributed by atoms with Gasteiger partial charge in [0, 0.05) is 55.5 Å². The quantitative estimate of drug-likeness (QED) is 0.309. The molecular weight excluding hydrogens is 586 g/mol. The number of aryl methyl sites for hydroxylation is 1. The van der Waals surface area contributed by atoms with E-state index in [9.17, 15) is 14.4 Å². The normalized spacial score (nSPS) is 22.8. The van der Waals surface area contributed by atoms with Crippen LogP contribution in [0.15, 0.2) is 48.9 Å². The lowest BCUT2D eigenvalue weighted by molar-refractivity contribution is -0.132. The summed E-state index contributed by atoms with van der Waals surface area (Å²) >= 11 is 0. The van der Waals surface area contributed by atoms with Crippen molar-refractivity contribution < 1.29 is 23.9 Å². The number of anilines is 1. The van der Waals surface area contributed by atoms with Crippen LogP contribution in [0.5, 0.6) is 0 Å². The molecule has 2 atom stereocenters. The first-order valence-electron chi connectivity index (χ1n) is 15.4. The summed E-state index contributed by atoms with van der Waals surface area (Å²) < 4.78 is 11.4. The summed E-state index contributed by atoms with van der Waals surface area (Å²) in [6.07, 6.45) is 9.90. The first kappa shape index (κ1) is 29.8. The number of pyridine rings is 2. The number of hydrogen-bond donors (Lipinski definition) is 3. The molecule has 7 rings (SSSR count). The Labute approximate surface area is 265 Å². The number of rotatable bonds is 2. The molecule has 1 spiro atoms. The number of carbonyl (C=O) groups is 3. The summed E-state index contributed by atoms with van der Waals surface area (Å²) in [6, 6.07) is 6.92. The van der Waals surface area contributed by atoms with Gasteiger partial charge < -0.3 is 25.0 Å². The third kappa shape index (κ3) is 5.54. The Balaban J connectivity index is 1.20. The molecule has 12 heteroatoms. The number of nitrogens with zero attached hydrogens (tertiary/aromatic N) is 4. The Bertz CT molecular complexity index is 1880. The van der Waals surface area contributed by atoms with Gasteiger partial charge in [0.25, 0.3) is 5.91 Å². The number of aromatic amines is 1. The lowest BCUT2D eigenvalue weighted by atomic mass is 9.79. The molecule has 236 valence electrons. The molecule has 3 aliphatic rings. The van der Waals surface area contributed by atoms with Crippen molar-refractivity contribution in [3.63, 3.8) is 0 Å². The lowest BCUT2D eigenvalue weighted by Gasteiger charge is -2.25. The van der Waals surface area contributed by atoms with Gasteiger partial charge in [-0.25, -0.2) is 4.98 Å². The molecule has 5 bridgehead atoms. The summed E-state index contributed by atoms with van der Waals surface area (Å²) in [4.78, 5) is 51.7. The van der Waals surface area contributed by atoms with Crippen molar-refractivity contribution in [3.8, 4) is 0 Å². The second-order valence-corrected chi connectivity index (χ2v) is 12.2. The van der Waals surface area contributed by atoms with E-state index in [1.54, 1.807) is 30.4 Å². The minimum atomic E-state index is -0.855. The van der Waals surface area contributed by atoms with E-state index in [0.29, 0.717) is 57.2 Å². The first-order valence-corrected chi connectivity index (χ1v) is 15.4. The molecule has 0 unspecified atom stereocenters. The van der Waals surface area contributed by atoms with E-state index in [1.807, 2.05) is 37.3 Å². The van der Waals surface area contributed by atoms with Gasteiger partial charge in [0.15, 0.2) is 0 Å². The fourth-order valence-corrected chi connectivity index (χ4v) is 6.63. The molecule has 5 heterocycles. The SMILES string of the molecule is Cc1cc(C[C@H]2NC(=O)c3cnc4c(c3)C[C@]3(C4)C(=O)Nc4ncc(cc43)/C=C\COCCOCCN(C)C2=O)cc2cn[nH]c12. The molecule has 4 aromatic rings. The van der Waals surface area contributed by atoms with Crippen LogP contribution in [-0.2, 0) is 43.7 Å². The zero-order valence-corrected chi connectivity index (χ0v) is 25.8. The molecule has 2 aliphatic heterocycles. The minimum absolute atomic E-state index is 0.128. The van der Waals surface area contributed by atoms with Crippen LogP contribution in [0.4, 0.5) is 5.82 Å². The zero-order valence-electron chi connectivity index (χ0n) is 25.8. The maximum absolute atomic E-state index is 13.8. The van der Waals surface area contributed by atoms with E-state index >= 15 is 0 Å². The van der Waals surface area contributed by atoms with Gasteiger partial charge in [0.1, 0.15) is 11.9 Å². The number of aromatic nitrogens is 4. The molecule has 0 radical (unpaired) electrons. The molecular formula is C34H35N7O5. The largest absolute Gasteiger partial charge is 0.377 e. The van der Waals surface area contributed by atoms with Crippen molar-refractivity contribution in [3.05, 3.63) is 88.0 Å². The number of fused-ring (bicyclic) bond motifs is 3. The molecule has 1 aliphatic carbocycles. The van der Waals surface area contributed by atoms with Crippen molar-refractivity contribution >= 4 is 40.5 Å². The molecule has 0 fully saturated rings. The summed E-state index contributed by atoms with van der Waals surface area (Å²) in [7, 11) is 1.70. The molecule has 12 nitrogen and oxygen atoms in total. The second-order valence-electron chi connectivity index (χ2n) is 12.2. The van der Waals surface area contributed by atoms with Crippen molar-refractivity contribution in [1.29, 1.82) is 0 Å². The number of benzene rings is 1. The van der Waals surface area contributed by atoms with Crippen LogP contribution < -0.4 is 10.6 Å². The van der Waals surface area contributed by atoms with Crippen molar-refractivity contribution in [2.45, 2.75) is 37.6 Å². The average Bonchev–Trinajstić information content (AvgIpc) is 3.75. The van der Waals surface area contributed by atoms with E-state index < -0.39 is 17.4 Å². The number of carbonyl (C=O) groups excluding carboxylic acids is 3. The molecule has 3 aromatic heterocycles. The molecule has 46 heavy (non-hydrogen) atoms. The number of amides is 3. The summed E-state index contributed by atoms with van der Waals surface area (Å²) in [6.45, 7) is 3.82.